The predicted molar refractivity (Wildman–Crippen MR) is 101 cm³/mol. The lowest BCUT2D eigenvalue weighted by atomic mass is 10.1. The summed E-state index contributed by atoms with van der Waals surface area (Å²) in [6.07, 6.45) is 1.80. The summed E-state index contributed by atoms with van der Waals surface area (Å²) in [4.78, 5) is 12.3. The van der Waals surface area contributed by atoms with Crippen molar-refractivity contribution in [2.24, 2.45) is 0 Å². The van der Waals surface area contributed by atoms with E-state index in [0.717, 1.165) is 40.7 Å². The summed E-state index contributed by atoms with van der Waals surface area (Å²) in [5, 5.41) is 2.72. The number of halogens is 2. The van der Waals surface area contributed by atoms with Crippen LogP contribution in [0.3, 0.4) is 0 Å². The van der Waals surface area contributed by atoms with Crippen molar-refractivity contribution in [1.29, 1.82) is 0 Å². The van der Waals surface area contributed by atoms with Crippen LogP contribution in [0.25, 0.3) is 0 Å². The molecule has 0 unspecified atom stereocenters. The predicted octanol–water partition coefficient (Wildman–Crippen LogP) is 3.17. The first-order valence-electron chi connectivity index (χ1n) is 8.42. The number of carbonyl (C=O) groups excluding carboxylic acids is 1. The van der Waals surface area contributed by atoms with Gasteiger partial charge in [0.2, 0.25) is 15.9 Å². The fraction of sp³-hybridized carbons (Fsp3) is 0.316. The molecule has 8 heteroatoms. The number of aryl methyl sites for hydroxylation is 1. The van der Waals surface area contributed by atoms with E-state index in [4.69, 9.17) is 0 Å². The van der Waals surface area contributed by atoms with Crippen molar-refractivity contribution < 1.29 is 22.0 Å². The van der Waals surface area contributed by atoms with Crippen LogP contribution in [0.1, 0.15) is 31.0 Å². The molecule has 2 rings (SSSR count). The van der Waals surface area contributed by atoms with Crippen LogP contribution in [0.4, 0.5) is 14.5 Å². The van der Waals surface area contributed by atoms with E-state index in [1.54, 1.807) is 6.92 Å². The van der Waals surface area contributed by atoms with Crippen molar-refractivity contribution in [2.45, 2.75) is 26.3 Å². The van der Waals surface area contributed by atoms with Gasteiger partial charge in [-0.15, -0.1) is 0 Å². The Morgan fingerprint density at radius 1 is 1.11 bits per heavy atom. The summed E-state index contributed by atoms with van der Waals surface area (Å²) in [6.45, 7) is 3.28. The van der Waals surface area contributed by atoms with Gasteiger partial charge in [-0.1, -0.05) is 31.2 Å². The summed E-state index contributed by atoms with van der Waals surface area (Å²) >= 11 is 0. The van der Waals surface area contributed by atoms with Gasteiger partial charge in [-0.05, 0) is 36.6 Å². The topological polar surface area (TPSA) is 66.5 Å². The van der Waals surface area contributed by atoms with Crippen LogP contribution >= 0.6 is 0 Å². The molecule has 2 aromatic carbocycles. The maximum atomic E-state index is 13.5. The number of nitrogens with zero attached hydrogens (tertiary/aromatic N) is 1. The molecule has 0 aliphatic rings. The van der Waals surface area contributed by atoms with Crippen LogP contribution in [0.2, 0.25) is 0 Å². The Hall–Kier alpha value is -2.48. The molecule has 0 radical (unpaired) electrons. The van der Waals surface area contributed by atoms with Crippen LogP contribution in [0.5, 0.6) is 0 Å². The second-order valence-corrected chi connectivity index (χ2v) is 8.16. The molecule has 27 heavy (non-hydrogen) atoms. The lowest BCUT2D eigenvalue weighted by Crippen LogP contribution is -2.41. The molecule has 1 atom stereocenters. The van der Waals surface area contributed by atoms with Crippen LogP contribution in [0.15, 0.2) is 42.5 Å². The highest BCUT2D eigenvalue weighted by molar-refractivity contribution is 7.92. The van der Waals surface area contributed by atoms with Gasteiger partial charge in [-0.25, -0.2) is 17.2 Å². The van der Waals surface area contributed by atoms with E-state index in [0.29, 0.717) is 0 Å². The molecular formula is C19H22F2N2O3S. The molecule has 5 nitrogen and oxygen atoms in total. The molecule has 0 saturated carbocycles. The Balaban J connectivity index is 2.14. The summed E-state index contributed by atoms with van der Waals surface area (Å²) < 4.78 is 51.3. The van der Waals surface area contributed by atoms with Crippen LogP contribution in [-0.2, 0) is 21.2 Å². The molecule has 0 fully saturated rings. The molecule has 0 saturated heterocycles. The average molecular weight is 396 g/mol. The minimum Gasteiger partial charge on any atom is -0.348 e. The van der Waals surface area contributed by atoms with Crippen LogP contribution in [-0.4, -0.2) is 27.1 Å². The quantitative estimate of drug-likeness (QED) is 0.782. The second kappa shape index (κ2) is 8.47. The zero-order valence-electron chi connectivity index (χ0n) is 15.4. The molecule has 0 spiro atoms. The summed E-state index contributed by atoms with van der Waals surface area (Å²) in [7, 11) is -3.87. The smallest absolute Gasteiger partial charge is 0.241 e. The van der Waals surface area contributed by atoms with E-state index in [2.05, 4.69) is 5.32 Å². The number of anilines is 1. The van der Waals surface area contributed by atoms with Crippen molar-refractivity contribution in [1.82, 2.24) is 5.32 Å². The maximum Gasteiger partial charge on any atom is 0.241 e. The first-order valence-corrected chi connectivity index (χ1v) is 10.3. The fourth-order valence-electron chi connectivity index (χ4n) is 2.58. The molecule has 1 N–H and O–H groups in total. The van der Waals surface area contributed by atoms with Gasteiger partial charge in [0.1, 0.15) is 6.54 Å². The lowest BCUT2D eigenvalue weighted by molar-refractivity contribution is -0.120. The molecule has 0 aliphatic carbocycles. The van der Waals surface area contributed by atoms with Gasteiger partial charge in [0.05, 0.1) is 18.0 Å². The SMILES string of the molecule is CCc1ccc([C@H](C)NC(=O)CN(c2ccc(F)c(F)c2)S(C)(=O)=O)cc1. The minimum atomic E-state index is -3.87. The minimum absolute atomic E-state index is 0.119. The molecule has 0 heterocycles. The summed E-state index contributed by atoms with van der Waals surface area (Å²) in [6, 6.07) is 10.1. The number of hydrogen-bond acceptors (Lipinski definition) is 3. The third-order valence-corrected chi connectivity index (χ3v) is 5.28. The fourth-order valence-corrected chi connectivity index (χ4v) is 3.43. The standard InChI is InChI=1S/C19H22F2N2O3S/c1-4-14-5-7-15(8-6-14)13(2)22-19(24)12-23(27(3,25)26)16-9-10-17(20)18(21)11-16/h5-11,13H,4,12H2,1-3H3,(H,22,24)/t13-/m0/s1. The molecule has 0 aromatic heterocycles. The maximum absolute atomic E-state index is 13.5. The van der Waals surface area contributed by atoms with E-state index < -0.39 is 34.1 Å². The molecular weight excluding hydrogens is 374 g/mol. The third-order valence-electron chi connectivity index (χ3n) is 4.14. The van der Waals surface area contributed by atoms with Crippen molar-refractivity contribution in [3.63, 3.8) is 0 Å². The summed E-state index contributed by atoms with van der Waals surface area (Å²) in [5.41, 5.74) is 1.92. The highest BCUT2D eigenvalue weighted by atomic mass is 32.2. The summed E-state index contributed by atoms with van der Waals surface area (Å²) in [5.74, 6) is -2.84. The Bertz CT molecular complexity index is 915. The molecule has 0 aliphatic heterocycles. The van der Waals surface area contributed by atoms with Crippen molar-refractivity contribution >= 4 is 21.6 Å². The first kappa shape index (κ1) is 20.8. The van der Waals surface area contributed by atoms with E-state index in [-0.39, 0.29) is 11.7 Å². The van der Waals surface area contributed by atoms with Gasteiger partial charge in [-0.3, -0.25) is 9.10 Å². The number of carbonyl (C=O) groups is 1. The second-order valence-electron chi connectivity index (χ2n) is 6.25. The van der Waals surface area contributed by atoms with E-state index in [1.807, 2.05) is 31.2 Å². The monoisotopic (exact) mass is 396 g/mol. The van der Waals surface area contributed by atoms with Crippen molar-refractivity contribution in [3.05, 3.63) is 65.2 Å². The average Bonchev–Trinajstić information content (AvgIpc) is 2.61. The molecule has 146 valence electrons. The zero-order chi connectivity index (χ0) is 20.2. The Labute approximate surface area is 158 Å². The number of benzene rings is 2. The molecule has 2 aromatic rings. The first-order chi connectivity index (χ1) is 12.6. The van der Waals surface area contributed by atoms with E-state index in [9.17, 15) is 22.0 Å². The normalized spacial score (nSPS) is 12.5. The highest BCUT2D eigenvalue weighted by Gasteiger charge is 2.23. The van der Waals surface area contributed by atoms with Crippen LogP contribution in [0, 0.1) is 11.6 Å². The Kier molecular flexibility index (Phi) is 6.54. The molecule has 1 amide bonds. The van der Waals surface area contributed by atoms with Gasteiger partial charge in [0.15, 0.2) is 11.6 Å². The number of sulfonamides is 1. The zero-order valence-corrected chi connectivity index (χ0v) is 16.2. The van der Waals surface area contributed by atoms with Gasteiger partial charge in [0.25, 0.3) is 0 Å². The molecule has 0 bridgehead atoms. The highest BCUT2D eigenvalue weighted by Crippen LogP contribution is 2.21. The lowest BCUT2D eigenvalue weighted by Gasteiger charge is -2.23. The van der Waals surface area contributed by atoms with Gasteiger partial charge in [0, 0.05) is 6.07 Å². The van der Waals surface area contributed by atoms with E-state index in [1.165, 1.54) is 5.56 Å². The number of amides is 1. The number of nitrogens with one attached hydrogen (secondary N) is 1. The van der Waals surface area contributed by atoms with Crippen molar-refractivity contribution in [3.8, 4) is 0 Å². The van der Waals surface area contributed by atoms with E-state index >= 15 is 0 Å². The van der Waals surface area contributed by atoms with Gasteiger partial charge >= 0.3 is 0 Å². The van der Waals surface area contributed by atoms with Crippen LogP contribution < -0.4 is 9.62 Å². The van der Waals surface area contributed by atoms with Gasteiger partial charge < -0.3 is 5.32 Å². The number of rotatable bonds is 7. The number of hydrogen-bond donors (Lipinski definition) is 1. The third kappa shape index (κ3) is 5.50. The van der Waals surface area contributed by atoms with Crippen molar-refractivity contribution in [2.75, 3.05) is 17.1 Å². The van der Waals surface area contributed by atoms with Gasteiger partial charge in [-0.2, -0.15) is 0 Å². The Morgan fingerprint density at radius 3 is 2.26 bits per heavy atom. The largest absolute Gasteiger partial charge is 0.348 e. The Morgan fingerprint density at radius 2 is 1.74 bits per heavy atom.